The number of rotatable bonds is 6. The number of aliphatic hydroxyl groups excluding tert-OH is 1. The molecule has 12 heteroatoms. The quantitative estimate of drug-likeness (QED) is 0.131. The predicted octanol–water partition coefficient (Wildman–Crippen LogP) is 10.6. The van der Waals surface area contributed by atoms with Gasteiger partial charge in [-0.25, -0.2) is 0 Å². The van der Waals surface area contributed by atoms with Crippen molar-refractivity contribution in [3.63, 3.8) is 0 Å². The predicted molar refractivity (Wildman–Crippen MR) is 248 cm³/mol. The molecule has 2 saturated heterocycles. The molecule has 0 aromatic carbocycles. The zero-order chi connectivity index (χ0) is 45.9. The highest BCUT2D eigenvalue weighted by molar-refractivity contribution is 5.84. The van der Waals surface area contributed by atoms with Gasteiger partial charge in [-0.05, 0) is 132 Å². The Hall–Kier alpha value is -1.96. The Balaban J connectivity index is 0.000000202. The van der Waals surface area contributed by atoms with Crippen molar-refractivity contribution in [2.45, 2.75) is 225 Å². The molecular weight excluding hydrogens is 801 g/mol. The summed E-state index contributed by atoms with van der Waals surface area (Å²) in [5, 5.41) is 20.6. The van der Waals surface area contributed by atoms with E-state index in [2.05, 4.69) is 37.6 Å². The average Bonchev–Trinajstić information content (AvgIpc) is 4.00. The monoisotopic (exact) mass is 893 g/mol. The van der Waals surface area contributed by atoms with Crippen molar-refractivity contribution in [3.05, 3.63) is 0 Å². The van der Waals surface area contributed by atoms with Gasteiger partial charge in [-0.15, -0.1) is 0 Å². The lowest BCUT2D eigenvalue weighted by atomic mass is 9.84. The summed E-state index contributed by atoms with van der Waals surface area (Å²) in [6.07, 6.45) is 30.1. The largest absolute Gasteiger partial charge is 0.469 e. The van der Waals surface area contributed by atoms with Gasteiger partial charge in [0.1, 0.15) is 11.6 Å². The molecule has 6 aliphatic carbocycles. The highest BCUT2D eigenvalue weighted by Gasteiger charge is 2.41. The Morgan fingerprint density at radius 3 is 1.29 bits per heavy atom. The highest BCUT2D eigenvalue weighted by Crippen LogP contribution is 2.40. The van der Waals surface area contributed by atoms with Gasteiger partial charge in [-0.2, -0.15) is 0 Å². The number of ketones is 2. The molecule has 0 bridgehead atoms. The van der Waals surface area contributed by atoms with E-state index < -0.39 is 0 Å². The number of methoxy groups -OCH3 is 1. The topological polar surface area (TPSA) is 176 Å². The van der Waals surface area contributed by atoms with Crippen LogP contribution in [-0.4, -0.2) is 91.3 Å². The van der Waals surface area contributed by atoms with Gasteiger partial charge < -0.3 is 39.7 Å². The van der Waals surface area contributed by atoms with E-state index in [0.29, 0.717) is 50.0 Å². The number of hydrogen-bond donors (Lipinski definition) is 3. The molecule has 0 unspecified atom stereocenters. The van der Waals surface area contributed by atoms with Gasteiger partial charge in [0.2, 0.25) is 0 Å². The normalized spacial score (nSPS) is 28.3. The standard InChI is InChI=1S/C10H18O2.C9H16O3.C8H15NO.C8H17N.C8H12O3.C8H14O/c1-2-9-3-5-10(6-4-9)11-7-8-12-10;10-7-8-1-3-9(4-2-8)11-5-6-12-9;1-2-7-3-5-8(9-10)6-4-7;1-2-7-3-5-8(9)6-4-7;1-11-8(10)6-2-4-7(9)5-3-6;1-2-7-3-5-8(9)6-4-7/h9H,2-8H2,1H3;8,10H,1-7H2;7,10H,2-6H2,1H3;7-8H,2-6,9H2,1H3;6H,2-5H2,1H3;7H,2-6H2,1H3. The molecule has 2 aliphatic heterocycles. The molecule has 8 aliphatic rings. The maximum atomic E-state index is 10.9. The number of ether oxygens (including phenoxy) is 5. The van der Waals surface area contributed by atoms with Gasteiger partial charge in [-0.3, -0.25) is 14.4 Å². The molecule has 0 aromatic rings. The molecule has 0 atom stereocenters. The molecule has 8 fully saturated rings. The zero-order valence-electron chi connectivity index (χ0n) is 40.6. The van der Waals surface area contributed by atoms with Gasteiger partial charge in [0.15, 0.2) is 11.6 Å². The first-order chi connectivity index (χ1) is 30.4. The van der Waals surface area contributed by atoms with E-state index in [1.165, 1.54) is 84.2 Å². The lowest BCUT2D eigenvalue weighted by Gasteiger charge is -2.34. The number of esters is 1. The van der Waals surface area contributed by atoms with Crippen molar-refractivity contribution in [2.75, 3.05) is 40.1 Å². The number of carbonyl (C=O) groups excluding carboxylic acids is 3. The van der Waals surface area contributed by atoms with Gasteiger partial charge in [0.05, 0.1) is 45.2 Å². The van der Waals surface area contributed by atoms with Crippen LogP contribution in [0.5, 0.6) is 0 Å². The molecule has 12 nitrogen and oxygen atoms in total. The fourth-order valence-electron chi connectivity index (χ4n) is 10.3. The molecule has 2 heterocycles. The number of nitrogens with two attached hydrogens (primary N) is 1. The highest BCUT2D eigenvalue weighted by atomic mass is 16.7. The fourth-order valence-corrected chi connectivity index (χ4v) is 10.3. The summed E-state index contributed by atoms with van der Waals surface area (Å²) in [6, 6.07) is 0.521. The van der Waals surface area contributed by atoms with Crippen LogP contribution in [0.1, 0.15) is 207 Å². The molecular formula is C51H92N2O10. The maximum Gasteiger partial charge on any atom is 0.308 e. The minimum absolute atomic E-state index is 0.0299. The maximum absolute atomic E-state index is 10.9. The van der Waals surface area contributed by atoms with Crippen molar-refractivity contribution >= 4 is 23.2 Å². The fraction of sp³-hybridized carbons (Fsp3) is 0.922. The summed E-state index contributed by atoms with van der Waals surface area (Å²) in [5.41, 5.74) is 6.74. The Labute approximate surface area is 382 Å². The van der Waals surface area contributed by atoms with Crippen molar-refractivity contribution in [1.82, 2.24) is 0 Å². The lowest BCUT2D eigenvalue weighted by Crippen LogP contribution is -2.35. The molecule has 63 heavy (non-hydrogen) atoms. The number of carbonyl (C=O) groups is 3. The summed E-state index contributed by atoms with van der Waals surface area (Å²) < 4.78 is 27.0. The van der Waals surface area contributed by atoms with Gasteiger partial charge in [-0.1, -0.05) is 58.5 Å². The van der Waals surface area contributed by atoms with E-state index in [4.69, 9.17) is 35.0 Å². The number of nitrogens with zero attached hydrogens (tertiary/aromatic N) is 1. The molecule has 0 radical (unpaired) electrons. The Morgan fingerprint density at radius 2 is 0.921 bits per heavy atom. The summed E-state index contributed by atoms with van der Waals surface area (Å²) in [6.45, 7) is 12.4. The van der Waals surface area contributed by atoms with E-state index in [9.17, 15) is 14.4 Å². The van der Waals surface area contributed by atoms with Crippen LogP contribution in [0, 0.1) is 35.5 Å². The van der Waals surface area contributed by atoms with Crippen LogP contribution in [0.2, 0.25) is 0 Å². The minimum Gasteiger partial charge on any atom is -0.469 e. The first kappa shape index (κ1) is 55.4. The van der Waals surface area contributed by atoms with Crippen molar-refractivity contribution in [2.24, 2.45) is 46.4 Å². The minimum atomic E-state index is -0.258. The molecule has 6 saturated carbocycles. The molecule has 0 amide bonds. The smallest absolute Gasteiger partial charge is 0.308 e. The Morgan fingerprint density at radius 1 is 0.571 bits per heavy atom. The Bertz CT molecular complexity index is 1200. The third kappa shape index (κ3) is 21.0. The average molecular weight is 893 g/mol. The molecule has 4 N–H and O–H groups in total. The van der Waals surface area contributed by atoms with E-state index in [1.54, 1.807) is 0 Å². The van der Waals surface area contributed by atoms with Crippen LogP contribution in [0.15, 0.2) is 5.16 Å². The first-order valence-corrected chi connectivity index (χ1v) is 25.7. The lowest BCUT2D eigenvalue weighted by molar-refractivity contribution is -0.183. The van der Waals surface area contributed by atoms with Crippen LogP contribution in [0.4, 0.5) is 0 Å². The zero-order valence-corrected chi connectivity index (χ0v) is 40.6. The number of oxime groups is 1. The van der Waals surface area contributed by atoms with Crippen molar-refractivity contribution in [3.8, 4) is 0 Å². The van der Waals surface area contributed by atoms with Gasteiger partial charge in [0.25, 0.3) is 0 Å². The number of aliphatic hydroxyl groups is 1. The van der Waals surface area contributed by atoms with Gasteiger partial charge in [0, 0.05) is 64.0 Å². The first-order valence-electron chi connectivity index (χ1n) is 25.7. The Kier molecular flexibility index (Phi) is 27.3. The third-order valence-electron chi connectivity index (χ3n) is 15.4. The molecule has 2 spiro atoms. The number of Topliss-reactive ketones (excluding diaryl/α,β-unsaturated/α-hetero) is 2. The second-order valence-electron chi connectivity index (χ2n) is 19.6. The van der Waals surface area contributed by atoms with E-state index in [-0.39, 0.29) is 29.2 Å². The van der Waals surface area contributed by atoms with Crippen LogP contribution in [0.25, 0.3) is 0 Å². The second-order valence-corrected chi connectivity index (χ2v) is 19.6. The molecule has 0 aromatic heterocycles. The summed E-state index contributed by atoms with van der Waals surface area (Å²) >= 11 is 0. The van der Waals surface area contributed by atoms with E-state index in [1.807, 2.05) is 0 Å². The number of hydrogen-bond acceptors (Lipinski definition) is 12. The molecule has 366 valence electrons. The van der Waals surface area contributed by atoms with Crippen molar-refractivity contribution in [1.29, 1.82) is 0 Å². The van der Waals surface area contributed by atoms with E-state index >= 15 is 0 Å². The van der Waals surface area contributed by atoms with Crippen LogP contribution in [0.3, 0.4) is 0 Å². The van der Waals surface area contributed by atoms with Crippen LogP contribution in [-0.2, 0) is 38.1 Å². The summed E-state index contributed by atoms with van der Waals surface area (Å²) in [5.74, 6) is 4.25. The SMILES string of the molecule is CCC1CCC(=NO)CC1.CCC1CCC(=O)CC1.CCC1CCC(N)CC1.CCC1CCC2(CC1)OCCO2.COC(=O)C1CCC(=O)CC1.OCC1CCC2(CC1)OCCO2. The third-order valence-corrected chi connectivity index (χ3v) is 15.4. The van der Waals surface area contributed by atoms with Crippen LogP contribution < -0.4 is 5.73 Å². The summed E-state index contributed by atoms with van der Waals surface area (Å²) in [7, 11) is 1.39. The van der Waals surface area contributed by atoms with Crippen LogP contribution >= 0.6 is 0 Å². The van der Waals surface area contributed by atoms with Gasteiger partial charge >= 0.3 is 5.97 Å². The summed E-state index contributed by atoms with van der Waals surface area (Å²) in [4.78, 5) is 32.4. The second kappa shape index (κ2) is 31.1. The van der Waals surface area contributed by atoms with Crippen molar-refractivity contribution < 1.29 is 48.4 Å². The molecule has 8 rings (SSSR count). The van der Waals surface area contributed by atoms with E-state index in [0.717, 1.165) is 133 Å².